The van der Waals surface area contributed by atoms with Crippen molar-refractivity contribution >= 4 is 5.91 Å². The van der Waals surface area contributed by atoms with Gasteiger partial charge in [-0.3, -0.25) is 4.79 Å². The highest BCUT2D eigenvalue weighted by atomic mass is 19.3. The molecular formula is C12H12F2N4O3. The first-order valence-corrected chi connectivity index (χ1v) is 6.28. The molecule has 0 bridgehead atoms. The molecule has 0 N–H and O–H groups in total. The summed E-state index contributed by atoms with van der Waals surface area (Å²) in [5.74, 6) is -2.98. The van der Waals surface area contributed by atoms with E-state index in [4.69, 9.17) is 8.94 Å². The molecule has 2 aromatic rings. The maximum Gasteiger partial charge on any atom is 0.276 e. The Labute approximate surface area is 117 Å². The summed E-state index contributed by atoms with van der Waals surface area (Å²) < 4.78 is 37.4. The SMILES string of the molecule is Cc1cc(C(=O)N2CC(F)(F)C[C@H]2c2nnc(C)o2)no1. The number of aryl methyl sites for hydroxylation is 2. The number of aromatic nitrogens is 3. The van der Waals surface area contributed by atoms with Gasteiger partial charge < -0.3 is 13.8 Å². The minimum Gasteiger partial charge on any atom is -0.423 e. The lowest BCUT2D eigenvalue weighted by atomic mass is 10.2. The highest BCUT2D eigenvalue weighted by molar-refractivity contribution is 5.92. The molecule has 0 saturated carbocycles. The van der Waals surface area contributed by atoms with Gasteiger partial charge >= 0.3 is 0 Å². The molecule has 1 saturated heterocycles. The van der Waals surface area contributed by atoms with Gasteiger partial charge in [0.2, 0.25) is 11.8 Å². The number of hydrogen-bond acceptors (Lipinski definition) is 6. The summed E-state index contributed by atoms with van der Waals surface area (Å²) in [6, 6.07) is 0.431. The molecule has 21 heavy (non-hydrogen) atoms. The van der Waals surface area contributed by atoms with Gasteiger partial charge in [-0.2, -0.15) is 0 Å². The molecule has 1 aliphatic rings. The van der Waals surface area contributed by atoms with E-state index in [1.165, 1.54) is 6.07 Å². The molecular weight excluding hydrogens is 286 g/mol. The smallest absolute Gasteiger partial charge is 0.276 e. The Morgan fingerprint density at radius 3 is 2.76 bits per heavy atom. The number of carbonyl (C=O) groups excluding carboxylic acids is 1. The Morgan fingerprint density at radius 2 is 2.19 bits per heavy atom. The van der Waals surface area contributed by atoms with E-state index in [9.17, 15) is 13.6 Å². The van der Waals surface area contributed by atoms with E-state index < -0.39 is 30.8 Å². The Kier molecular flexibility index (Phi) is 2.99. The van der Waals surface area contributed by atoms with Crippen molar-refractivity contribution in [2.45, 2.75) is 32.2 Å². The number of halogens is 2. The second-order valence-electron chi connectivity index (χ2n) is 4.99. The first-order chi connectivity index (χ1) is 9.85. The number of carbonyl (C=O) groups is 1. The van der Waals surface area contributed by atoms with Crippen molar-refractivity contribution in [2.75, 3.05) is 6.54 Å². The number of hydrogen-bond donors (Lipinski definition) is 0. The predicted molar refractivity (Wildman–Crippen MR) is 63.6 cm³/mol. The van der Waals surface area contributed by atoms with Crippen LogP contribution >= 0.6 is 0 Å². The normalized spacial score (nSPS) is 21.0. The van der Waals surface area contributed by atoms with Crippen LogP contribution in [0.5, 0.6) is 0 Å². The Balaban J connectivity index is 1.92. The molecule has 0 unspecified atom stereocenters. The predicted octanol–water partition coefficient (Wildman–Crippen LogP) is 1.90. The average molecular weight is 298 g/mol. The zero-order valence-electron chi connectivity index (χ0n) is 11.3. The second-order valence-corrected chi connectivity index (χ2v) is 4.99. The summed E-state index contributed by atoms with van der Waals surface area (Å²) >= 11 is 0. The quantitative estimate of drug-likeness (QED) is 0.841. The fraction of sp³-hybridized carbons (Fsp3) is 0.500. The molecule has 112 valence electrons. The first kappa shape index (κ1) is 13.7. The third-order valence-electron chi connectivity index (χ3n) is 3.20. The summed E-state index contributed by atoms with van der Waals surface area (Å²) in [7, 11) is 0. The summed E-state index contributed by atoms with van der Waals surface area (Å²) in [5, 5.41) is 10.9. The van der Waals surface area contributed by atoms with Crippen LogP contribution in [0.15, 0.2) is 15.0 Å². The molecule has 0 aromatic carbocycles. The number of alkyl halides is 2. The van der Waals surface area contributed by atoms with Crippen LogP contribution in [-0.4, -0.2) is 38.6 Å². The molecule has 7 nitrogen and oxygen atoms in total. The van der Waals surface area contributed by atoms with E-state index in [-0.39, 0.29) is 17.5 Å². The Morgan fingerprint density at radius 1 is 1.43 bits per heavy atom. The number of rotatable bonds is 2. The minimum absolute atomic E-state index is 0.00163. The summed E-state index contributed by atoms with van der Waals surface area (Å²) in [6.07, 6.45) is -0.558. The van der Waals surface area contributed by atoms with Gasteiger partial charge in [-0.05, 0) is 6.92 Å². The second kappa shape index (κ2) is 4.61. The van der Waals surface area contributed by atoms with Crippen LogP contribution in [0.1, 0.15) is 40.5 Å². The van der Waals surface area contributed by atoms with E-state index in [2.05, 4.69) is 15.4 Å². The van der Waals surface area contributed by atoms with Gasteiger partial charge in [0.25, 0.3) is 11.8 Å². The Bertz CT molecular complexity index is 682. The van der Waals surface area contributed by atoms with Crippen molar-refractivity contribution in [1.82, 2.24) is 20.3 Å². The third-order valence-corrected chi connectivity index (χ3v) is 3.20. The maximum absolute atomic E-state index is 13.7. The van der Waals surface area contributed by atoms with Crippen LogP contribution in [-0.2, 0) is 0 Å². The number of amides is 1. The molecule has 0 aliphatic carbocycles. The number of likely N-dealkylation sites (tertiary alicyclic amines) is 1. The summed E-state index contributed by atoms with van der Waals surface area (Å²) in [5.41, 5.74) is -0.0218. The van der Waals surface area contributed by atoms with Gasteiger partial charge in [0.05, 0.1) is 6.54 Å². The zero-order chi connectivity index (χ0) is 15.2. The van der Waals surface area contributed by atoms with Crippen molar-refractivity contribution in [2.24, 2.45) is 0 Å². The lowest BCUT2D eigenvalue weighted by molar-refractivity contribution is 0.0116. The molecule has 1 aliphatic heterocycles. The molecule has 2 aromatic heterocycles. The maximum atomic E-state index is 13.7. The monoisotopic (exact) mass is 298 g/mol. The molecule has 1 fully saturated rings. The van der Waals surface area contributed by atoms with Crippen molar-refractivity contribution in [3.63, 3.8) is 0 Å². The minimum atomic E-state index is -3.01. The van der Waals surface area contributed by atoms with Crippen LogP contribution in [0.4, 0.5) is 8.78 Å². The van der Waals surface area contributed by atoms with Crippen LogP contribution in [0.3, 0.4) is 0 Å². The van der Waals surface area contributed by atoms with E-state index in [0.717, 1.165) is 4.90 Å². The Hall–Kier alpha value is -2.32. The van der Waals surface area contributed by atoms with Gasteiger partial charge in [-0.15, -0.1) is 10.2 Å². The third kappa shape index (κ3) is 2.50. The highest BCUT2D eigenvalue weighted by Gasteiger charge is 2.50. The lowest BCUT2D eigenvalue weighted by Gasteiger charge is -2.19. The number of nitrogens with zero attached hydrogens (tertiary/aromatic N) is 4. The van der Waals surface area contributed by atoms with Gasteiger partial charge in [-0.1, -0.05) is 5.16 Å². The average Bonchev–Trinajstić information content (AvgIpc) is 3.08. The molecule has 0 radical (unpaired) electrons. The fourth-order valence-corrected chi connectivity index (χ4v) is 2.31. The topological polar surface area (TPSA) is 85.3 Å². The highest BCUT2D eigenvalue weighted by Crippen LogP contribution is 2.41. The molecule has 3 rings (SSSR count). The molecule has 3 heterocycles. The van der Waals surface area contributed by atoms with Crippen LogP contribution in [0.2, 0.25) is 0 Å². The van der Waals surface area contributed by atoms with E-state index in [1.807, 2.05) is 0 Å². The van der Waals surface area contributed by atoms with Crippen LogP contribution in [0, 0.1) is 13.8 Å². The lowest BCUT2D eigenvalue weighted by Crippen LogP contribution is -2.33. The zero-order valence-corrected chi connectivity index (χ0v) is 11.3. The van der Waals surface area contributed by atoms with Gasteiger partial charge in [0.1, 0.15) is 11.8 Å². The van der Waals surface area contributed by atoms with Gasteiger partial charge in [0.15, 0.2) is 5.69 Å². The first-order valence-electron chi connectivity index (χ1n) is 6.28. The molecule has 1 amide bonds. The van der Waals surface area contributed by atoms with Crippen LogP contribution < -0.4 is 0 Å². The van der Waals surface area contributed by atoms with Gasteiger partial charge in [-0.25, -0.2) is 8.78 Å². The van der Waals surface area contributed by atoms with Crippen LogP contribution in [0.25, 0.3) is 0 Å². The largest absolute Gasteiger partial charge is 0.423 e. The van der Waals surface area contributed by atoms with Crippen molar-refractivity contribution in [1.29, 1.82) is 0 Å². The van der Waals surface area contributed by atoms with E-state index in [1.54, 1.807) is 13.8 Å². The summed E-state index contributed by atoms with van der Waals surface area (Å²) in [6.45, 7) is 2.45. The molecule has 9 heteroatoms. The van der Waals surface area contributed by atoms with E-state index >= 15 is 0 Å². The fourth-order valence-electron chi connectivity index (χ4n) is 2.31. The van der Waals surface area contributed by atoms with Crippen molar-refractivity contribution in [3.05, 3.63) is 29.3 Å². The van der Waals surface area contributed by atoms with Crippen molar-refractivity contribution < 1.29 is 22.5 Å². The van der Waals surface area contributed by atoms with E-state index in [0.29, 0.717) is 5.76 Å². The molecule has 1 atom stereocenters. The van der Waals surface area contributed by atoms with Gasteiger partial charge in [0, 0.05) is 19.4 Å². The standard InChI is InChI=1S/C12H12F2N4O3/c1-6-3-8(17-21-6)11(19)18-5-12(13,14)4-9(18)10-16-15-7(2)20-10/h3,9H,4-5H2,1-2H3/t9-/m0/s1. The summed E-state index contributed by atoms with van der Waals surface area (Å²) in [4.78, 5) is 13.3. The van der Waals surface area contributed by atoms with Crippen molar-refractivity contribution in [3.8, 4) is 0 Å². The molecule has 0 spiro atoms.